The lowest BCUT2D eigenvalue weighted by Crippen LogP contribution is -2.44. The van der Waals surface area contributed by atoms with Gasteiger partial charge in [-0.25, -0.2) is 9.97 Å². The van der Waals surface area contributed by atoms with E-state index in [-0.39, 0.29) is 11.2 Å². The van der Waals surface area contributed by atoms with Gasteiger partial charge in [0, 0.05) is 24.0 Å². The molecule has 1 aromatic carbocycles. The Bertz CT molecular complexity index is 1030. The lowest BCUT2D eigenvalue weighted by Gasteiger charge is -2.45. The maximum Gasteiger partial charge on any atom is 0.224 e. The summed E-state index contributed by atoms with van der Waals surface area (Å²) in [5.74, 6) is 1.79. The highest BCUT2D eigenvalue weighted by Crippen LogP contribution is 2.44. The van der Waals surface area contributed by atoms with E-state index in [1.807, 2.05) is 19.1 Å². The summed E-state index contributed by atoms with van der Waals surface area (Å²) < 4.78 is 14.3. The van der Waals surface area contributed by atoms with Gasteiger partial charge in [-0.3, -0.25) is 4.57 Å². The maximum atomic E-state index is 6.32. The summed E-state index contributed by atoms with van der Waals surface area (Å²) in [6, 6.07) is 12.5. The summed E-state index contributed by atoms with van der Waals surface area (Å²) >= 11 is 0. The lowest BCUT2D eigenvalue weighted by atomic mass is 9.79. The summed E-state index contributed by atoms with van der Waals surface area (Å²) in [5.41, 5.74) is 3.93. The molecule has 1 fully saturated rings. The van der Waals surface area contributed by atoms with Crippen molar-refractivity contribution in [2.45, 2.75) is 71.5 Å². The van der Waals surface area contributed by atoms with Crippen LogP contribution in [0.4, 0.5) is 0 Å². The molecular formula is C26H33N3O2. The van der Waals surface area contributed by atoms with Crippen molar-refractivity contribution in [1.29, 1.82) is 0 Å². The molecule has 0 saturated carbocycles. The van der Waals surface area contributed by atoms with E-state index >= 15 is 0 Å². The number of aromatic nitrogens is 3. The Hall–Kier alpha value is -2.66. The first-order chi connectivity index (χ1) is 14.7. The highest BCUT2D eigenvalue weighted by Gasteiger charge is 2.41. The summed E-state index contributed by atoms with van der Waals surface area (Å²) in [7, 11) is 0. The molecule has 1 saturated heterocycles. The van der Waals surface area contributed by atoms with Gasteiger partial charge in [0.15, 0.2) is 0 Å². The van der Waals surface area contributed by atoms with Crippen LogP contribution in [-0.2, 0) is 4.74 Å². The van der Waals surface area contributed by atoms with E-state index in [9.17, 15) is 0 Å². The van der Waals surface area contributed by atoms with Crippen molar-refractivity contribution in [1.82, 2.24) is 14.5 Å². The number of hydrogen-bond acceptors (Lipinski definition) is 4. The number of benzene rings is 1. The molecule has 2 aromatic heterocycles. The number of hydrogen-bond donors (Lipinski definition) is 0. The molecule has 4 rings (SSSR count). The van der Waals surface area contributed by atoms with Crippen molar-refractivity contribution in [2.75, 3.05) is 6.61 Å². The fourth-order valence-electron chi connectivity index (χ4n) is 4.80. The number of aryl methyl sites for hydroxylation is 1. The van der Waals surface area contributed by atoms with Crippen LogP contribution in [0.5, 0.6) is 5.88 Å². The summed E-state index contributed by atoms with van der Waals surface area (Å²) in [5, 5.41) is 0. The largest absolute Gasteiger partial charge is 0.477 e. The fourth-order valence-corrected chi connectivity index (χ4v) is 4.80. The Morgan fingerprint density at radius 3 is 2.39 bits per heavy atom. The van der Waals surface area contributed by atoms with Crippen LogP contribution in [0.1, 0.15) is 64.6 Å². The van der Waals surface area contributed by atoms with E-state index in [0.29, 0.717) is 18.4 Å². The zero-order chi connectivity index (χ0) is 22.2. The third kappa shape index (κ3) is 4.67. The van der Waals surface area contributed by atoms with Crippen molar-refractivity contribution in [3.05, 3.63) is 60.0 Å². The highest BCUT2D eigenvalue weighted by atomic mass is 16.5. The van der Waals surface area contributed by atoms with E-state index in [4.69, 9.17) is 14.5 Å². The fraction of sp³-hybridized carbons (Fsp3) is 0.462. The van der Waals surface area contributed by atoms with E-state index in [1.165, 1.54) is 5.56 Å². The molecule has 1 aliphatic heterocycles. The van der Waals surface area contributed by atoms with Gasteiger partial charge in [0.25, 0.3) is 0 Å². The average molecular weight is 420 g/mol. The predicted molar refractivity (Wildman–Crippen MR) is 124 cm³/mol. The van der Waals surface area contributed by atoms with Crippen LogP contribution in [0.15, 0.2) is 48.8 Å². The standard InChI is InChI=1S/C26H33N3O2/c1-7-30-24-21(9-8-14-27-24)23-28-22(17-29(23)20-12-10-18(2)11-13-20)19-15-25(3,4)31-26(5,6)16-19/h8-14,17,19H,7,15-16H2,1-6H3. The number of imidazole rings is 1. The Balaban J connectivity index is 1.84. The summed E-state index contributed by atoms with van der Waals surface area (Å²) in [6.07, 6.45) is 5.82. The summed E-state index contributed by atoms with van der Waals surface area (Å²) in [6.45, 7) is 13.3. The second-order valence-electron chi connectivity index (χ2n) is 9.71. The summed E-state index contributed by atoms with van der Waals surface area (Å²) in [4.78, 5) is 9.63. The molecule has 0 unspecified atom stereocenters. The molecule has 0 amide bonds. The van der Waals surface area contributed by atoms with Crippen LogP contribution in [0, 0.1) is 6.92 Å². The molecule has 3 aromatic rings. The van der Waals surface area contributed by atoms with Crippen molar-refractivity contribution in [3.63, 3.8) is 0 Å². The van der Waals surface area contributed by atoms with Gasteiger partial charge in [0.05, 0.1) is 29.1 Å². The van der Waals surface area contributed by atoms with Crippen molar-refractivity contribution in [3.8, 4) is 23.0 Å². The molecule has 5 heteroatoms. The quantitative estimate of drug-likeness (QED) is 0.502. The minimum atomic E-state index is -0.189. The maximum absolute atomic E-state index is 6.32. The monoisotopic (exact) mass is 419 g/mol. The van der Waals surface area contributed by atoms with Crippen LogP contribution < -0.4 is 4.74 Å². The van der Waals surface area contributed by atoms with E-state index < -0.39 is 0 Å². The molecule has 0 bridgehead atoms. The van der Waals surface area contributed by atoms with Crippen molar-refractivity contribution >= 4 is 0 Å². The molecule has 0 atom stereocenters. The van der Waals surface area contributed by atoms with Gasteiger partial charge in [-0.15, -0.1) is 0 Å². The molecule has 5 nitrogen and oxygen atoms in total. The zero-order valence-corrected chi connectivity index (χ0v) is 19.5. The Morgan fingerprint density at radius 2 is 1.74 bits per heavy atom. The smallest absolute Gasteiger partial charge is 0.224 e. The predicted octanol–water partition coefficient (Wildman–Crippen LogP) is 6.09. The van der Waals surface area contributed by atoms with Gasteiger partial charge in [-0.05, 0) is 78.6 Å². The third-order valence-electron chi connectivity index (χ3n) is 5.78. The molecule has 164 valence electrons. The highest BCUT2D eigenvalue weighted by molar-refractivity contribution is 5.65. The normalized spacial score (nSPS) is 18.1. The van der Waals surface area contributed by atoms with E-state index in [0.717, 1.165) is 35.6 Å². The van der Waals surface area contributed by atoms with Gasteiger partial charge in [-0.1, -0.05) is 17.7 Å². The average Bonchev–Trinajstić information content (AvgIpc) is 3.12. The second-order valence-corrected chi connectivity index (χ2v) is 9.71. The molecular weight excluding hydrogens is 386 g/mol. The van der Waals surface area contributed by atoms with Crippen LogP contribution in [0.2, 0.25) is 0 Å². The topological polar surface area (TPSA) is 49.2 Å². The van der Waals surface area contributed by atoms with Crippen LogP contribution in [-0.4, -0.2) is 32.3 Å². The van der Waals surface area contributed by atoms with E-state index in [2.05, 4.69) is 74.6 Å². The first-order valence-electron chi connectivity index (χ1n) is 11.1. The molecule has 0 radical (unpaired) electrons. The number of pyridine rings is 1. The molecule has 31 heavy (non-hydrogen) atoms. The van der Waals surface area contributed by atoms with Gasteiger partial charge < -0.3 is 9.47 Å². The lowest BCUT2D eigenvalue weighted by molar-refractivity contribution is -0.162. The van der Waals surface area contributed by atoms with Crippen LogP contribution in [0.25, 0.3) is 17.1 Å². The molecule has 0 spiro atoms. The minimum Gasteiger partial charge on any atom is -0.477 e. The number of rotatable bonds is 5. The Kier molecular flexibility index (Phi) is 5.65. The first kappa shape index (κ1) is 21.6. The van der Waals surface area contributed by atoms with Crippen LogP contribution >= 0.6 is 0 Å². The first-order valence-corrected chi connectivity index (χ1v) is 11.1. The number of nitrogens with zero attached hydrogens (tertiary/aromatic N) is 3. The van der Waals surface area contributed by atoms with Gasteiger partial charge >= 0.3 is 0 Å². The minimum absolute atomic E-state index is 0.189. The van der Waals surface area contributed by atoms with Crippen molar-refractivity contribution < 1.29 is 9.47 Å². The van der Waals surface area contributed by atoms with Gasteiger partial charge in [0.1, 0.15) is 5.82 Å². The molecule has 0 N–H and O–H groups in total. The second kappa shape index (κ2) is 8.12. The Labute approximate surface area is 185 Å². The molecule has 1 aliphatic rings. The zero-order valence-electron chi connectivity index (χ0n) is 19.5. The number of ether oxygens (including phenoxy) is 2. The van der Waals surface area contributed by atoms with E-state index in [1.54, 1.807) is 6.20 Å². The SMILES string of the molecule is CCOc1ncccc1-c1nc(C2CC(C)(C)OC(C)(C)C2)cn1-c1ccc(C)cc1. The third-order valence-corrected chi connectivity index (χ3v) is 5.78. The Morgan fingerprint density at radius 1 is 1.06 bits per heavy atom. The van der Waals surface area contributed by atoms with Gasteiger partial charge in [0.2, 0.25) is 5.88 Å². The molecule has 0 aliphatic carbocycles. The molecule has 3 heterocycles. The van der Waals surface area contributed by atoms with Crippen LogP contribution in [0.3, 0.4) is 0 Å². The van der Waals surface area contributed by atoms with Gasteiger partial charge in [-0.2, -0.15) is 0 Å². The van der Waals surface area contributed by atoms with Crippen molar-refractivity contribution in [2.24, 2.45) is 0 Å².